The number of aromatic nitrogens is 1. The first-order chi connectivity index (χ1) is 12.2. The second-order valence-corrected chi connectivity index (χ2v) is 6.18. The molecule has 1 aromatic heterocycles. The van der Waals surface area contributed by atoms with E-state index in [1.165, 1.54) is 0 Å². The van der Waals surface area contributed by atoms with Gasteiger partial charge >= 0.3 is 0 Å². The van der Waals surface area contributed by atoms with Gasteiger partial charge in [0.15, 0.2) is 0 Å². The van der Waals surface area contributed by atoms with Gasteiger partial charge in [-0.3, -0.25) is 14.6 Å². The first-order valence-electron chi connectivity index (χ1n) is 8.23. The van der Waals surface area contributed by atoms with Crippen molar-refractivity contribution in [3.8, 4) is 0 Å². The molecule has 2 amide bonds. The summed E-state index contributed by atoms with van der Waals surface area (Å²) in [6.45, 7) is 0. The van der Waals surface area contributed by atoms with Gasteiger partial charge in [0.2, 0.25) is 5.91 Å². The Hall–Kier alpha value is -3.21. The highest BCUT2D eigenvalue weighted by Gasteiger charge is 2.22. The Bertz CT molecular complexity index is 968. The van der Waals surface area contributed by atoms with Crippen LogP contribution in [0.4, 0.5) is 5.69 Å². The number of nitrogens with zero attached hydrogens (tertiary/aromatic N) is 1. The van der Waals surface area contributed by atoms with Crippen LogP contribution >= 0.6 is 0 Å². The molecule has 5 heteroatoms. The third-order valence-corrected chi connectivity index (χ3v) is 4.44. The fourth-order valence-electron chi connectivity index (χ4n) is 3.13. The molecule has 1 fully saturated rings. The molecule has 5 nitrogen and oxygen atoms in total. The summed E-state index contributed by atoms with van der Waals surface area (Å²) in [4.78, 5) is 28.0. The van der Waals surface area contributed by atoms with Gasteiger partial charge in [-0.1, -0.05) is 18.2 Å². The number of hydrogen-bond acceptors (Lipinski definition) is 3. The summed E-state index contributed by atoms with van der Waals surface area (Å²) in [5.74, 6) is -0.0867. The van der Waals surface area contributed by atoms with Gasteiger partial charge in [-0.05, 0) is 47.7 Å². The van der Waals surface area contributed by atoms with E-state index < -0.39 is 0 Å². The Labute approximate surface area is 145 Å². The highest BCUT2D eigenvalue weighted by atomic mass is 16.2. The molecule has 0 radical (unpaired) electrons. The van der Waals surface area contributed by atoms with Crippen LogP contribution in [0.2, 0.25) is 0 Å². The molecular formula is C20H17N3O2. The predicted molar refractivity (Wildman–Crippen MR) is 96.3 cm³/mol. The number of rotatable bonds is 3. The number of hydrogen-bond donors (Lipinski definition) is 2. The fourth-order valence-corrected chi connectivity index (χ4v) is 3.13. The normalized spacial score (nSPS) is 16.6. The van der Waals surface area contributed by atoms with E-state index in [0.29, 0.717) is 12.0 Å². The third-order valence-electron chi connectivity index (χ3n) is 4.44. The van der Waals surface area contributed by atoms with Crippen LogP contribution < -0.4 is 10.6 Å². The Morgan fingerprint density at radius 3 is 2.88 bits per heavy atom. The summed E-state index contributed by atoms with van der Waals surface area (Å²) in [5.41, 5.74) is 2.32. The number of nitrogens with one attached hydrogen (secondary N) is 2. The average Bonchev–Trinajstić information content (AvgIpc) is 3.08. The maximum absolute atomic E-state index is 12.5. The Morgan fingerprint density at radius 2 is 2.04 bits per heavy atom. The maximum atomic E-state index is 12.5. The monoisotopic (exact) mass is 331 g/mol. The first kappa shape index (κ1) is 15.3. The summed E-state index contributed by atoms with van der Waals surface area (Å²) >= 11 is 0. The van der Waals surface area contributed by atoms with Gasteiger partial charge in [0, 0.05) is 35.5 Å². The molecular weight excluding hydrogens is 314 g/mol. The Balaban J connectivity index is 1.54. The van der Waals surface area contributed by atoms with Gasteiger partial charge in [0.05, 0.1) is 6.04 Å². The van der Waals surface area contributed by atoms with Crippen molar-refractivity contribution in [1.82, 2.24) is 10.3 Å². The third kappa shape index (κ3) is 3.21. The van der Waals surface area contributed by atoms with E-state index in [1.807, 2.05) is 42.5 Å². The first-order valence-corrected chi connectivity index (χ1v) is 8.23. The lowest BCUT2D eigenvalue weighted by atomic mass is 10.0. The van der Waals surface area contributed by atoms with Crippen molar-refractivity contribution < 1.29 is 9.59 Å². The lowest BCUT2D eigenvalue weighted by Gasteiger charge is -2.12. The van der Waals surface area contributed by atoms with Crippen LogP contribution in [0.15, 0.2) is 60.9 Å². The molecule has 2 heterocycles. The molecule has 25 heavy (non-hydrogen) atoms. The molecule has 1 aliphatic rings. The average molecular weight is 331 g/mol. The van der Waals surface area contributed by atoms with Crippen molar-refractivity contribution in [3.05, 3.63) is 72.1 Å². The van der Waals surface area contributed by atoms with E-state index in [-0.39, 0.29) is 17.9 Å². The summed E-state index contributed by atoms with van der Waals surface area (Å²) in [6, 6.07) is 15.1. The zero-order valence-corrected chi connectivity index (χ0v) is 13.5. The Morgan fingerprint density at radius 1 is 1.12 bits per heavy atom. The molecule has 4 rings (SSSR count). The number of benzene rings is 2. The molecule has 0 saturated carbocycles. The van der Waals surface area contributed by atoms with Crippen LogP contribution in [0, 0.1) is 0 Å². The molecule has 1 unspecified atom stereocenters. The largest absolute Gasteiger partial charge is 0.349 e. The molecule has 0 aliphatic carbocycles. The van der Waals surface area contributed by atoms with Gasteiger partial charge in [0.1, 0.15) is 0 Å². The predicted octanol–water partition coefficient (Wildman–Crippen LogP) is 3.44. The van der Waals surface area contributed by atoms with Crippen molar-refractivity contribution in [3.63, 3.8) is 0 Å². The van der Waals surface area contributed by atoms with E-state index in [4.69, 9.17) is 0 Å². The molecule has 1 saturated heterocycles. The molecule has 0 spiro atoms. The fraction of sp³-hybridized carbons (Fsp3) is 0.150. The van der Waals surface area contributed by atoms with Gasteiger partial charge in [-0.15, -0.1) is 0 Å². The number of carbonyl (C=O) groups excluding carboxylic acids is 2. The van der Waals surface area contributed by atoms with E-state index >= 15 is 0 Å². The van der Waals surface area contributed by atoms with E-state index in [9.17, 15) is 9.59 Å². The molecule has 1 atom stereocenters. The summed E-state index contributed by atoms with van der Waals surface area (Å²) < 4.78 is 0. The minimum Gasteiger partial charge on any atom is -0.349 e. The van der Waals surface area contributed by atoms with Crippen molar-refractivity contribution >= 4 is 28.3 Å². The second-order valence-electron chi connectivity index (χ2n) is 6.18. The summed E-state index contributed by atoms with van der Waals surface area (Å²) in [6.07, 6.45) is 4.82. The van der Waals surface area contributed by atoms with Gasteiger partial charge in [-0.2, -0.15) is 0 Å². The van der Waals surface area contributed by atoms with Gasteiger partial charge in [0.25, 0.3) is 5.91 Å². The zero-order chi connectivity index (χ0) is 17.2. The van der Waals surface area contributed by atoms with Crippen LogP contribution in [0.1, 0.15) is 34.8 Å². The van der Waals surface area contributed by atoms with Crippen LogP contribution in [-0.2, 0) is 4.79 Å². The maximum Gasteiger partial charge on any atom is 0.255 e. The zero-order valence-electron chi connectivity index (χ0n) is 13.5. The lowest BCUT2D eigenvalue weighted by Crippen LogP contribution is -2.18. The SMILES string of the molecule is O=C1CCC(c2cccc(NC(=O)c3ccc4cnccc4c3)c2)N1. The van der Waals surface area contributed by atoms with Gasteiger partial charge in [-0.25, -0.2) is 0 Å². The van der Waals surface area contributed by atoms with Crippen LogP contribution in [-0.4, -0.2) is 16.8 Å². The smallest absolute Gasteiger partial charge is 0.255 e. The molecule has 0 bridgehead atoms. The molecule has 1 aliphatic heterocycles. The summed E-state index contributed by atoms with van der Waals surface area (Å²) in [5, 5.41) is 7.85. The number of amides is 2. The number of carbonyl (C=O) groups is 2. The van der Waals surface area contributed by atoms with Crippen molar-refractivity contribution in [2.45, 2.75) is 18.9 Å². The van der Waals surface area contributed by atoms with Crippen molar-refractivity contribution in [2.24, 2.45) is 0 Å². The highest BCUT2D eigenvalue weighted by Crippen LogP contribution is 2.26. The molecule has 124 valence electrons. The number of anilines is 1. The lowest BCUT2D eigenvalue weighted by molar-refractivity contribution is -0.119. The molecule has 3 aromatic rings. The minimum absolute atomic E-state index is 0.0255. The van der Waals surface area contributed by atoms with E-state index in [2.05, 4.69) is 15.6 Å². The highest BCUT2D eigenvalue weighted by molar-refractivity contribution is 6.06. The van der Waals surface area contributed by atoms with Crippen LogP contribution in [0.3, 0.4) is 0 Å². The number of pyridine rings is 1. The number of fused-ring (bicyclic) bond motifs is 1. The van der Waals surface area contributed by atoms with Crippen molar-refractivity contribution in [2.75, 3.05) is 5.32 Å². The summed E-state index contributed by atoms with van der Waals surface area (Å²) in [7, 11) is 0. The second kappa shape index (κ2) is 6.36. The standard InChI is InChI=1S/C20H17N3O2/c24-19-7-6-18(23-19)14-2-1-3-17(11-14)22-20(25)15-4-5-16-12-21-9-8-13(16)10-15/h1-5,8-12,18H,6-7H2,(H,22,25)(H,23,24). The topological polar surface area (TPSA) is 71.1 Å². The van der Waals surface area contributed by atoms with Crippen molar-refractivity contribution in [1.29, 1.82) is 0 Å². The van der Waals surface area contributed by atoms with E-state index in [1.54, 1.807) is 18.5 Å². The van der Waals surface area contributed by atoms with E-state index in [0.717, 1.165) is 28.4 Å². The molecule has 2 aromatic carbocycles. The molecule has 2 N–H and O–H groups in total. The minimum atomic E-state index is -0.161. The van der Waals surface area contributed by atoms with Crippen LogP contribution in [0.5, 0.6) is 0 Å². The van der Waals surface area contributed by atoms with Gasteiger partial charge < -0.3 is 10.6 Å². The van der Waals surface area contributed by atoms with Crippen LogP contribution in [0.25, 0.3) is 10.8 Å². The quantitative estimate of drug-likeness (QED) is 0.772. The Kier molecular flexibility index (Phi) is 3.90.